The highest BCUT2D eigenvalue weighted by molar-refractivity contribution is 5.84. The van der Waals surface area contributed by atoms with Gasteiger partial charge in [-0.3, -0.25) is 0 Å². The Labute approximate surface area is 177 Å². The summed E-state index contributed by atoms with van der Waals surface area (Å²) in [6.45, 7) is 1.77. The zero-order valence-electron chi connectivity index (χ0n) is 16.6. The van der Waals surface area contributed by atoms with Gasteiger partial charge in [0, 0.05) is 0 Å². The standard InChI is InChI=1S/C22H18F10/c1-2-3-4-8-13-9-7-11-15-14-10-5-6-12-16(14)18(17(13)15,19(23,24)21(27,28)29)20(25,26)22(30,31)32/h5-7,9-12H,2-4,8H2,1H3. The first-order valence-electron chi connectivity index (χ1n) is 9.77. The first kappa shape index (κ1) is 24.4. The molecule has 3 rings (SSSR count). The number of alkyl halides is 10. The molecule has 0 heterocycles. The minimum Gasteiger partial charge on any atom is -0.195 e. The van der Waals surface area contributed by atoms with E-state index in [2.05, 4.69) is 0 Å². The fourth-order valence-corrected chi connectivity index (χ4v) is 4.50. The van der Waals surface area contributed by atoms with Gasteiger partial charge in [-0.25, -0.2) is 0 Å². The van der Waals surface area contributed by atoms with Crippen LogP contribution in [0.3, 0.4) is 0 Å². The van der Waals surface area contributed by atoms with Gasteiger partial charge in [-0.2, -0.15) is 43.9 Å². The van der Waals surface area contributed by atoms with Crippen molar-refractivity contribution >= 4 is 0 Å². The Morgan fingerprint density at radius 1 is 0.656 bits per heavy atom. The van der Waals surface area contributed by atoms with Crippen molar-refractivity contribution in [3.63, 3.8) is 0 Å². The highest BCUT2D eigenvalue weighted by Gasteiger charge is 2.87. The molecule has 1 aliphatic rings. The molecule has 0 unspecified atom stereocenters. The Hall–Kier alpha value is -2.26. The topological polar surface area (TPSA) is 0 Å². The van der Waals surface area contributed by atoms with Crippen LogP contribution >= 0.6 is 0 Å². The van der Waals surface area contributed by atoms with E-state index in [1.807, 2.05) is 0 Å². The van der Waals surface area contributed by atoms with Gasteiger partial charge >= 0.3 is 24.2 Å². The molecule has 1 aliphatic carbocycles. The van der Waals surface area contributed by atoms with Gasteiger partial charge < -0.3 is 0 Å². The van der Waals surface area contributed by atoms with Gasteiger partial charge in [-0.15, -0.1) is 0 Å². The molecule has 0 fully saturated rings. The third-order valence-corrected chi connectivity index (χ3v) is 5.85. The SMILES string of the molecule is CCCCCc1cccc2c1C(C(F)(F)C(F)(F)F)(C(F)(F)C(F)(F)F)c1ccccc1-2. The number of unbranched alkanes of at least 4 members (excludes halogenated alkanes) is 2. The second kappa shape index (κ2) is 7.66. The summed E-state index contributed by atoms with van der Waals surface area (Å²) in [7, 11) is 0. The third kappa shape index (κ3) is 3.12. The van der Waals surface area contributed by atoms with Crippen molar-refractivity contribution in [3.8, 4) is 11.1 Å². The quantitative estimate of drug-likeness (QED) is 0.295. The normalized spacial score (nSPS) is 16.1. The molecule has 0 nitrogen and oxygen atoms in total. The predicted octanol–water partition coefficient (Wildman–Crippen LogP) is 8.08. The molecule has 0 radical (unpaired) electrons. The second-order valence-electron chi connectivity index (χ2n) is 7.74. The van der Waals surface area contributed by atoms with Crippen molar-refractivity contribution in [2.24, 2.45) is 0 Å². The third-order valence-electron chi connectivity index (χ3n) is 5.85. The molecule has 0 atom stereocenters. The molecule has 0 saturated heterocycles. The zero-order chi connectivity index (χ0) is 24.2. The van der Waals surface area contributed by atoms with Crippen LogP contribution in [0.5, 0.6) is 0 Å². The second-order valence-corrected chi connectivity index (χ2v) is 7.74. The van der Waals surface area contributed by atoms with E-state index in [0.717, 1.165) is 24.3 Å². The van der Waals surface area contributed by atoms with Crippen LogP contribution in [0.1, 0.15) is 42.9 Å². The molecule has 176 valence electrons. The molecule has 2 aromatic carbocycles. The molecule has 32 heavy (non-hydrogen) atoms. The van der Waals surface area contributed by atoms with Crippen LogP contribution in [-0.2, 0) is 11.8 Å². The number of hydrogen-bond donors (Lipinski definition) is 0. The van der Waals surface area contributed by atoms with Crippen molar-refractivity contribution in [3.05, 3.63) is 59.2 Å². The largest absolute Gasteiger partial charge is 0.454 e. The lowest BCUT2D eigenvalue weighted by molar-refractivity contribution is -0.374. The zero-order valence-corrected chi connectivity index (χ0v) is 16.6. The van der Waals surface area contributed by atoms with Gasteiger partial charge in [0.15, 0.2) is 5.41 Å². The Bertz CT molecular complexity index is 959. The van der Waals surface area contributed by atoms with Crippen LogP contribution in [0.4, 0.5) is 43.9 Å². The summed E-state index contributed by atoms with van der Waals surface area (Å²) in [4.78, 5) is 0. The van der Waals surface area contributed by atoms with E-state index in [9.17, 15) is 26.3 Å². The number of fused-ring (bicyclic) bond motifs is 3. The van der Waals surface area contributed by atoms with E-state index in [0.29, 0.717) is 18.9 Å². The summed E-state index contributed by atoms with van der Waals surface area (Å²) in [6, 6.07) is 6.81. The monoisotopic (exact) mass is 472 g/mol. The minimum absolute atomic E-state index is 0.217. The number of halogens is 10. The maximum Gasteiger partial charge on any atom is 0.454 e. The van der Waals surface area contributed by atoms with Crippen LogP contribution in [0.15, 0.2) is 42.5 Å². The highest BCUT2D eigenvalue weighted by atomic mass is 19.4. The predicted molar refractivity (Wildman–Crippen MR) is 97.9 cm³/mol. The maximum atomic E-state index is 15.1. The van der Waals surface area contributed by atoms with Crippen molar-refractivity contribution < 1.29 is 43.9 Å². The number of benzene rings is 2. The van der Waals surface area contributed by atoms with E-state index in [1.165, 1.54) is 12.1 Å². The Kier molecular flexibility index (Phi) is 5.84. The molecule has 0 spiro atoms. The summed E-state index contributed by atoms with van der Waals surface area (Å²) in [5, 5.41) is 0. The van der Waals surface area contributed by atoms with E-state index in [4.69, 9.17) is 0 Å². The molecular formula is C22H18F10. The van der Waals surface area contributed by atoms with Crippen LogP contribution in [0, 0.1) is 0 Å². The number of rotatable bonds is 6. The summed E-state index contributed by atoms with van der Waals surface area (Å²) in [6.07, 6.45) is -12.3. The number of aryl methyl sites for hydroxylation is 1. The van der Waals surface area contributed by atoms with Crippen LogP contribution in [-0.4, -0.2) is 24.2 Å². The molecule has 0 aromatic heterocycles. The van der Waals surface area contributed by atoms with Gasteiger partial charge in [0.25, 0.3) is 0 Å². The summed E-state index contributed by atoms with van der Waals surface area (Å²) < 4.78 is 142. The fourth-order valence-electron chi connectivity index (χ4n) is 4.50. The fraction of sp³-hybridized carbons (Fsp3) is 0.455. The summed E-state index contributed by atoms with van der Waals surface area (Å²) in [5.74, 6) is -12.9. The molecule has 2 aromatic rings. The van der Waals surface area contributed by atoms with Crippen molar-refractivity contribution in [2.45, 2.75) is 62.2 Å². The summed E-state index contributed by atoms with van der Waals surface area (Å²) >= 11 is 0. The highest BCUT2D eigenvalue weighted by Crippen LogP contribution is 2.69. The first-order chi connectivity index (χ1) is 14.7. The average Bonchev–Trinajstić information content (AvgIpc) is 2.99. The Morgan fingerprint density at radius 3 is 1.72 bits per heavy atom. The minimum atomic E-state index is -6.69. The Morgan fingerprint density at radius 2 is 1.19 bits per heavy atom. The average molecular weight is 472 g/mol. The molecule has 0 bridgehead atoms. The maximum absolute atomic E-state index is 15.1. The molecular weight excluding hydrogens is 454 g/mol. The summed E-state index contributed by atoms with van der Waals surface area (Å²) in [5.41, 5.74) is -9.11. The lowest BCUT2D eigenvalue weighted by Crippen LogP contribution is -2.67. The van der Waals surface area contributed by atoms with Gasteiger partial charge in [0.2, 0.25) is 0 Å². The van der Waals surface area contributed by atoms with Crippen LogP contribution in [0.2, 0.25) is 0 Å². The number of hydrogen-bond acceptors (Lipinski definition) is 0. The van der Waals surface area contributed by atoms with E-state index < -0.39 is 51.9 Å². The van der Waals surface area contributed by atoms with E-state index in [-0.39, 0.29) is 18.4 Å². The lowest BCUT2D eigenvalue weighted by Gasteiger charge is -2.45. The van der Waals surface area contributed by atoms with Gasteiger partial charge in [0.05, 0.1) is 0 Å². The van der Waals surface area contributed by atoms with Crippen LogP contribution < -0.4 is 0 Å². The van der Waals surface area contributed by atoms with E-state index in [1.54, 1.807) is 6.92 Å². The molecule has 10 heteroatoms. The Balaban J connectivity index is 2.54. The van der Waals surface area contributed by atoms with Gasteiger partial charge in [-0.1, -0.05) is 62.2 Å². The molecule has 0 N–H and O–H groups in total. The van der Waals surface area contributed by atoms with E-state index >= 15 is 17.6 Å². The molecule has 0 amide bonds. The van der Waals surface area contributed by atoms with Crippen molar-refractivity contribution in [2.75, 3.05) is 0 Å². The van der Waals surface area contributed by atoms with Crippen molar-refractivity contribution in [1.82, 2.24) is 0 Å². The lowest BCUT2D eigenvalue weighted by atomic mass is 9.65. The molecule has 0 saturated carbocycles. The van der Waals surface area contributed by atoms with Crippen LogP contribution in [0.25, 0.3) is 11.1 Å². The first-order valence-corrected chi connectivity index (χ1v) is 9.77. The smallest absolute Gasteiger partial charge is 0.195 e. The molecule has 0 aliphatic heterocycles. The van der Waals surface area contributed by atoms with Gasteiger partial charge in [0.1, 0.15) is 0 Å². The van der Waals surface area contributed by atoms with Gasteiger partial charge in [-0.05, 0) is 40.7 Å². The van der Waals surface area contributed by atoms with Crippen molar-refractivity contribution in [1.29, 1.82) is 0 Å².